The van der Waals surface area contributed by atoms with E-state index in [1.54, 1.807) is 18.2 Å². The van der Waals surface area contributed by atoms with Gasteiger partial charge in [-0.15, -0.1) is 0 Å². The molecule has 2 aromatic carbocycles. The second-order valence-corrected chi connectivity index (χ2v) is 7.82. The van der Waals surface area contributed by atoms with Crippen LogP contribution in [-0.2, 0) is 21.1 Å². The lowest BCUT2D eigenvalue weighted by Crippen LogP contribution is -2.18. The number of carbonyl (C=O) groups is 1. The van der Waals surface area contributed by atoms with Crippen molar-refractivity contribution in [2.24, 2.45) is 0 Å². The molecule has 0 spiro atoms. The van der Waals surface area contributed by atoms with Gasteiger partial charge >= 0.3 is 0 Å². The number of carbonyl (C=O) groups excluding carboxylic acids is 1. The second kappa shape index (κ2) is 6.54. The summed E-state index contributed by atoms with van der Waals surface area (Å²) < 4.78 is 25.2. The van der Waals surface area contributed by atoms with Gasteiger partial charge in [0, 0.05) is 10.9 Å². The minimum atomic E-state index is -3.57. The van der Waals surface area contributed by atoms with E-state index in [4.69, 9.17) is 0 Å². The van der Waals surface area contributed by atoms with Crippen LogP contribution in [0.15, 0.2) is 57.9 Å². The molecule has 0 aliphatic rings. The maximum atomic E-state index is 12.2. The Kier molecular flexibility index (Phi) is 4.96. The highest BCUT2D eigenvalue weighted by Crippen LogP contribution is 2.15. The van der Waals surface area contributed by atoms with E-state index in [0.29, 0.717) is 0 Å². The monoisotopic (exact) mass is 366 g/mol. The van der Waals surface area contributed by atoms with Crippen molar-refractivity contribution in [2.75, 3.05) is 5.75 Å². The zero-order valence-electron chi connectivity index (χ0n) is 11.5. The summed E-state index contributed by atoms with van der Waals surface area (Å²) >= 11 is 3.33. The number of sulfone groups is 1. The van der Waals surface area contributed by atoms with Crippen molar-refractivity contribution >= 4 is 31.6 Å². The van der Waals surface area contributed by atoms with Crippen LogP contribution in [-0.4, -0.2) is 20.0 Å². The van der Waals surface area contributed by atoms with Gasteiger partial charge < -0.3 is 0 Å². The third kappa shape index (κ3) is 4.51. The number of rotatable bonds is 5. The number of halogens is 1. The second-order valence-electron chi connectivity index (χ2n) is 4.92. The molecule has 110 valence electrons. The van der Waals surface area contributed by atoms with Crippen molar-refractivity contribution in [3.63, 3.8) is 0 Å². The van der Waals surface area contributed by atoms with E-state index in [1.165, 1.54) is 12.1 Å². The van der Waals surface area contributed by atoms with Gasteiger partial charge in [0.05, 0.1) is 4.90 Å². The molecule has 0 atom stereocenters. The van der Waals surface area contributed by atoms with Crippen molar-refractivity contribution in [1.82, 2.24) is 0 Å². The molecule has 0 unspecified atom stereocenters. The van der Waals surface area contributed by atoms with Gasteiger partial charge in [0.1, 0.15) is 5.75 Å². The predicted octanol–water partition coefficient (Wildman–Crippen LogP) is 3.34. The molecular formula is C16H15BrO3S. The highest BCUT2D eigenvalue weighted by molar-refractivity contribution is 9.10. The number of Topliss-reactive ketones (excluding diaryl/α,β-unsaturated/α-hetero) is 1. The molecule has 0 N–H and O–H groups in total. The lowest BCUT2D eigenvalue weighted by Gasteiger charge is -2.05. The van der Waals surface area contributed by atoms with Crippen LogP contribution in [0.4, 0.5) is 0 Å². The van der Waals surface area contributed by atoms with Crippen molar-refractivity contribution < 1.29 is 13.2 Å². The molecule has 21 heavy (non-hydrogen) atoms. The fraction of sp³-hybridized carbons (Fsp3) is 0.188. The Hall–Kier alpha value is -1.46. The molecule has 0 aliphatic carbocycles. The molecule has 0 amide bonds. The summed E-state index contributed by atoms with van der Waals surface area (Å²) in [6.07, 6.45) is 0.116. The SMILES string of the molecule is Cc1ccc(S(=O)(=O)CC(=O)Cc2cccc(Br)c2)cc1. The van der Waals surface area contributed by atoms with E-state index in [2.05, 4.69) is 15.9 Å². The molecule has 0 heterocycles. The summed E-state index contributed by atoms with van der Waals surface area (Å²) in [7, 11) is -3.57. The molecule has 0 saturated carbocycles. The van der Waals surface area contributed by atoms with Crippen molar-refractivity contribution in [3.8, 4) is 0 Å². The predicted molar refractivity (Wildman–Crippen MR) is 86.1 cm³/mol. The normalized spacial score (nSPS) is 11.3. The zero-order chi connectivity index (χ0) is 15.5. The fourth-order valence-electron chi connectivity index (χ4n) is 1.97. The lowest BCUT2D eigenvalue weighted by atomic mass is 10.1. The zero-order valence-corrected chi connectivity index (χ0v) is 13.9. The van der Waals surface area contributed by atoms with Crippen molar-refractivity contribution in [2.45, 2.75) is 18.2 Å². The molecule has 5 heteroatoms. The van der Waals surface area contributed by atoms with Crippen LogP contribution in [0, 0.1) is 6.92 Å². The molecule has 0 aliphatic heterocycles. The molecule has 2 rings (SSSR count). The maximum Gasteiger partial charge on any atom is 0.185 e. The van der Waals surface area contributed by atoms with E-state index in [-0.39, 0.29) is 17.1 Å². The third-order valence-electron chi connectivity index (χ3n) is 3.02. The van der Waals surface area contributed by atoms with Gasteiger partial charge in [-0.2, -0.15) is 0 Å². The van der Waals surface area contributed by atoms with Crippen LogP contribution < -0.4 is 0 Å². The number of hydrogen-bond donors (Lipinski definition) is 0. The lowest BCUT2D eigenvalue weighted by molar-refractivity contribution is -0.116. The summed E-state index contributed by atoms with van der Waals surface area (Å²) in [6, 6.07) is 13.8. The Morgan fingerprint density at radius 3 is 2.38 bits per heavy atom. The van der Waals surface area contributed by atoms with Gasteiger partial charge in [0.2, 0.25) is 0 Å². The minimum Gasteiger partial charge on any atom is -0.298 e. The van der Waals surface area contributed by atoms with Gasteiger partial charge in [-0.1, -0.05) is 45.8 Å². The summed E-state index contributed by atoms with van der Waals surface area (Å²) in [6.45, 7) is 1.88. The highest BCUT2D eigenvalue weighted by Gasteiger charge is 2.19. The smallest absolute Gasteiger partial charge is 0.185 e. The molecule has 0 radical (unpaired) electrons. The van der Waals surface area contributed by atoms with Gasteiger partial charge in [-0.05, 0) is 36.8 Å². The van der Waals surface area contributed by atoms with E-state index >= 15 is 0 Å². The Bertz CT molecular complexity index is 749. The van der Waals surface area contributed by atoms with E-state index < -0.39 is 15.6 Å². The molecule has 3 nitrogen and oxygen atoms in total. The standard InChI is InChI=1S/C16H15BrO3S/c1-12-5-7-16(8-6-12)21(19,20)11-15(18)10-13-3-2-4-14(17)9-13/h2-9H,10-11H2,1H3. The van der Waals surface area contributed by atoms with Gasteiger partial charge in [0.25, 0.3) is 0 Å². The number of hydrogen-bond acceptors (Lipinski definition) is 3. The van der Waals surface area contributed by atoms with Crippen LogP contribution in [0.2, 0.25) is 0 Å². The average Bonchev–Trinajstić information content (AvgIpc) is 2.38. The summed E-state index contributed by atoms with van der Waals surface area (Å²) in [4.78, 5) is 12.2. The molecule has 0 fully saturated rings. The van der Waals surface area contributed by atoms with Crippen molar-refractivity contribution in [1.29, 1.82) is 0 Å². The first-order valence-electron chi connectivity index (χ1n) is 6.42. The van der Waals surface area contributed by atoms with Crippen LogP contribution >= 0.6 is 15.9 Å². The Balaban J connectivity index is 2.09. The Morgan fingerprint density at radius 2 is 1.76 bits per heavy atom. The Morgan fingerprint density at radius 1 is 1.10 bits per heavy atom. The van der Waals surface area contributed by atoms with Crippen LogP contribution in [0.1, 0.15) is 11.1 Å². The van der Waals surface area contributed by atoms with Crippen LogP contribution in [0.3, 0.4) is 0 Å². The van der Waals surface area contributed by atoms with Gasteiger partial charge in [-0.25, -0.2) is 8.42 Å². The fourth-order valence-corrected chi connectivity index (χ4v) is 3.66. The molecular weight excluding hydrogens is 352 g/mol. The molecule has 0 aromatic heterocycles. The first-order chi connectivity index (χ1) is 9.87. The number of benzene rings is 2. The van der Waals surface area contributed by atoms with E-state index in [9.17, 15) is 13.2 Å². The van der Waals surface area contributed by atoms with E-state index in [1.807, 2.05) is 25.1 Å². The molecule has 2 aromatic rings. The van der Waals surface area contributed by atoms with Gasteiger partial charge in [-0.3, -0.25) is 4.79 Å². The topological polar surface area (TPSA) is 51.2 Å². The first kappa shape index (κ1) is 15.9. The molecule has 0 bridgehead atoms. The summed E-state index contributed by atoms with van der Waals surface area (Å²) in [5, 5.41) is 0. The number of aryl methyl sites for hydroxylation is 1. The third-order valence-corrected chi connectivity index (χ3v) is 5.21. The minimum absolute atomic E-state index is 0.116. The number of ketones is 1. The molecule has 0 saturated heterocycles. The van der Waals surface area contributed by atoms with Crippen molar-refractivity contribution in [3.05, 3.63) is 64.1 Å². The maximum absolute atomic E-state index is 12.2. The first-order valence-corrected chi connectivity index (χ1v) is 8.87. The van der Waals surface area contributed by atoms with Gasteiger partial charge in [0.15, 0.2) is 15.6 Å². The quantitative estimate of drug-likeness (QED) is 0.815. The average molecular weight is 367 g/mol. The summed E-state index contributed by atoms with van der Waals surface area (Å²) in [5.74, 6) is -0.781. The largest absolute Gasteiger partial charge is 0.298 e. The summed E-state index contributed by atoms with van der Waals surface area (Å²) in [5.41, 5.74) is 1.78. The van der Waals surface area contributed by atoms with Crippen LogP contribution in [0.5, 0.6) is 0 Å². The highest BCUT2D eigenvalue weighted by atomic mass is 79.9. The van der Waals surface area contributed by atoms with Crippen LogP contribution in [0.25, 0.3) is 0 Å². The van der Waals surface area contributed by atoms with E-state index in [0.717, 1.165) is 15.6 Å². The Labute approximate surface area is 133 Å².